The molecule has 4 nitrogen and oxygen atoms in total. The molecule has 1 fully saturated rings. The molecule has 1 aliphatic carbocycles. The summed E-state index contributed by atoms with van der Waals surface area (Å²) in [4.78, 5) is 23.2. The van der Waals surface area contributed by atoms with Gasteiger partial charge in [-0.2, -0.15) is 0 Å². The van der Waals surface area contributed by atoms with Crippen molar-refractivity contribution in [2.24, 2.45) is 0 Å². The quantitative estimate of drug-likeness (QED) is 0.856. The van der Waals surface area contributed by atoms with Crippen molar-refractivity contribution in [3.8, 4) is 0 Å². The van der Waals surface area contributed by atoms with E-state index in [-0.39, 0.29) is 35.7 Å². The Labute approximate surface area is 139 Å². The first-order valence-corrected chi connectivity index (χ1v) is 7.90. The van der Waals surface area contributed by atoms with Gasteiger partial charge in [0.1, 0.15) is 5.82 Å². The molecule has 0 radical (unpaired) electrons. The molecule has 2 N–H and O–H groups in total. The smallest absolute Gasteiger partial charge is 0.335 e. The predicted molar refractivity (Wildman–Crippen MR) is 87.4 cm³/mol. The molecule has 2 atom stereocenters. The molecule has 0 aromatic heterocycles. The summed E-state index contributed by atoms with van der Waals surface area (Å²) in [6, 6.07) is 13.2. The number of rotatable bonds is 6. The number of hydrogen-bond acceptors (Lipinski definition) is 2. The summed E-state index contributed by atoms with van der Waals surface area (Å²) in [6.45, 7) is 0. The number of hydrogen-bond donors (Lipinski definition) is 2. The summed E-state index contributed by atoms with van der Waals surface area (Å²) in [6.07, 6.45) is 1.42. The molecule has 0 heterocycles. The molecule has 0 spiro atoms. The lowest BCUT2D eigenvalue weighted by Gasteiger charge is -2.07. The van der Waals surface area contributed by atoms with Gasteiger partial charge < -0.3 is 10.4 Å². The first kappa shape index (κ1) is 16.2. The van der Waals surface area contributed by atoms with Crippen LogP contribution < -0.4 is 5.32 Å². The zero-order chi connectivity index (χ0) is 17.1. The van der Waals surface area contributed by atoms with Crippen molar-refractivity contribution >= 4 is 11.9 Å². The third kappa shape index (κ3) is 3.79. The van der Waals surface area contributed by atoms with Gasteiger partial charge in [0.05, 0.1) is 5.56 Å². The number of carboxylic acids is 1. The Morgan fingerprint density at radius 1 is 1.17 bits per heavy atom. The SMILES string of the molecule is O=C(CCc1ccccc1C(=O)O)N[C@@H]1C[C@H]1c1cccc(F)c1. The number of carbonyl (C=O) groups is 2. The van der Waals surface area contributed by atoms with E-state index in [0.29, 0.717) is 12.0 Å². The summed E-state index contributed by atoms with van der Waals surface area (Å²) in [7, 11) is 0. The van der Waals surface area contributed by atoms with E-state index in [2.05, 4.69) is 5.32 Å². The third-order valence-electron chi connectivity index (χ3n) is 4.28. The van der Waals surface area contributed by atoms with Crippen LogP contribution in [0.25, 0.3) is 0 Å². The Kier molecular flexibility index (Phi) is 4.60. The summed E-state index contributed by atoms with van der Waals surface area (Å²) in [5.41, 5.74) is 1.78. The largest absolute Gasteiger partial charge is 0.478 e. The average molecular weight is 327 g/mol. The molecule has 24 heavy (non-hydrogen) atoms. The van der Waals surface area contributed by atoms with Crippen LogP contribution in [0.4, 0.5) is 4.39 Å². The highest BCUT2D eigenvalue weighted by atomic mass is 19.1. The Hall–Kier alpha value is -2.69. The van der Waals surface area contributed by atoms with Gasteiger partial charge >= 0.3 is 5.97 Å². The van der Waals surface area contributed by atoms with Crippen LogP contribution in [-0.4, -0.2) is 23.0 Å². The highest BCUT2D eigenvalue weighted by Gasteiger charge is 2.39. The van der Waals surface area contributed by atoms with Crippen molar-refractivity contribution in [3.05, 3.63) is 71.0 Å². The van der Waals surface area contributed by atoms with E-state index in [1.165, 1.54) is 18.2 Å². The predicted octanol–water partition coefficient (Wildman–Crippen LogP) is 3.13. The lowest BCUT2D eigenvalue weighted by molar-refractivity contribution is -0.121. The summed E-state index contributed by atoms with van der Waals surface area (Å²) in [5.74, 6) is -1.20. The van der Waals surface area contributed by atoms with Crippen LogP contribution in [0, 0.1) is 5.82 Å². The number of amides is 1. The first-order valence-electron chi connectivity index (χ1n) is 7.90. The van der Waals surface area contributed by atoms with E-state index in [1.807, 2.05) is 6.07 Å². The number of aryl methyl sites for hydroxylation is 1. The van der Waals surface area contributed by atoms with Crippen molar-refractivity contribution in [3.63, 3.8) is 0 Å². The fourth-order valence-electron chi connectivity index (χ4n) is 2.93. The van der Waals surface area contributed by atoms with Crippen LogP contribution in [0.1, 0.15) is 40.2 Å². The normalized spacial score (nSPS) is 18.9. The zero-order valence-electron chi connectivity index (χ0n) is 13.0. The van der Waals surface area contributed by atoms with Gasteiger partial charge in [-0.15, -0.1) is 0 Å². The first-order chi connectivity index (χ1) is 11.5. The van der Waals surface area contributed by atoms with Crippen LogP contribution >= 0.6 is 0 Å². The second kappa shape index (κ2) is 6.83. The maximum Gasteiger partial charge on any atom is 0.335 e. The van der Waals surface area contributed by atoms with Gasteiger partial charge in [0.15, 0.2) is 0 Å². The molecule has 3 rings (SSSR count). The Bertz CT molecular complexity index is 775. The van der Waals surface area contributed by atoms with Crippen molar-refractivity contribution < 1.29 is 19.1 Å². The number of aromatic carboxylic acids is 1. The number of carbonyl (C=O) groups excluding carboxylic acids is 1. The molecule has 2 aromatic carbocycles. The molecule has 0 saturated heterocycles. The second-order valence-corrected chi connectivity index (χ2v) is 6.03. The number of nitrogens with one attached hydrogen (secondary N) is 1. The van der Waals surface area contributed by atoms with E-state index >= 15 is 0 Å². The van der Waals surface area contributed by atoms with Crippen molar-refractivity contribution in [2.45, 2.75) is 31.2 Å². The van der Waals surface area contributed by atoms with E-state index in [9.17, 15) is 14.0 Å². The van der Waals surface area contributed by atoms with Gasteiger partial charge in [-0.25, -0.2) is 9.18 Å². The lowest BCUT2D eigenvalue weighted by atomic mass is 10.0. The number of benzene rings is 2. The van der Waals surface area contributed by atoms with Gasteiger partial charge in [-0.1, -0.05) is 30.3 Å². The maximum absolute atomic E-state index is 13.2. The molecular formula is C19H18FNO3. The Morgan fingerprint density at radius 3 is 2.71 bits per heavy atom. The molecule has 0 unspecified atom stereocenters. The van der Waals surface area contributed by atoms with Crippen LogP contribution in [0.2, 0.25) is 0 Å². The molecule has 0 bridgehead atoms. The highest BCUT2D eigenvalue weighted by Crippen LogP contribution is 2.40. The molecule has 0 aliphatic heterocycles. The molecular weight excluding hydrogens is 309 g/mol. The van der Waals surface area contributed by atoms with Crippen LogP contribution in [0.15, 0.2) is 48.5 Å². The third-order valence-corrected chi connectivity index (χ3v) is 4.28. The van der Waals surface area contributed by atoms with Gasteiger partial charge in [0, 0.05) is 18.4 Å². The molecule has 5 heteroatoms. The lowest BCUT2D eigenvalue weighted by Crippen LogP contribution is -2.26. The van der Waals surface area contributed by atoms with E-state index in [1.54, 1.807) is 24.3 Å². The maximum atomic E-state index is 13.2. The minimum Gasteiger partial charge on any atom is -0.478 e. The highest BCUT2D eigenvalue weighted by molar-refractivity contribution is 5.89. The monoisotopic (exact) mass is 327 g/mol. The number of carboxylic acid groups (broad SMARTS) is 1. The summed E-state index contributed by atoms with van der Waals surface area (Å²) in [5, 5.41) is 12.1. The Morgan fingerprint density at radius 2 is 1.96 bits per heavy atom. The summed E-state index contributed by atoms with van der Waals surface area (Å²) >= 11 is 0. The average Bonchev–Trinajstić information content (AvgIpc) is 3.32. The van der Waals surface area contributed by atoms with Crippen LogP contribution in [0.5, 0.6) is 0 Å². The minimum absolute atomic E-state index is 0.0361. The number of halogens is 1. The van der Waals surface area contributed by atoms with Crippen molar-refractivity contribution in [1.82, 2.24) is 5.32 Å². The van der Waals surface area contributed by atoms with Crippen molar-refractivity contribution in [1.29, 1.82) is 0 Å². The Balaban J connectivity index is 1.52. The molecule has 1 saturated carbocycles. The zero-order valence-corrected chi connectivity index (χ0v) is 13.0. The fraction of sp³-hybridized carbons (Fsp3) is 0.263. The van der Waals surface area contributed by atoms with Gasteiger partial charge in [0.2, 0.25) is 5.91 Å². The molecule has 2 aromatic rings. The molecule has 124 valence electrons. The standard InChI is InChI=1S/C19H18FNO3/c20-14-6-3-5-13(10-14)16-11-17(16)21-18(22)9-8-12-4-1-2-7-15(12)19(23)24/h1-7,10,16-17H,8-9,11H2,(H,21,22)(H,23,24)/t16-,17+/m0/s1. The summed E-state index contributed by atoms with van der Waals surface area (Å²) < 4.78 is 13.2. The van der Waals surface area contributed by atoms with Crippen LogP contribution in [0.3, 0.4) is 0 Å². The molecule has 1 aliphatic rings. The van der Waals surface area contributed by atoms with Crippen LogP contribution in [-0.2, 0) is 11.2 Å². The molecule has 1 amide bonds. The van der Waals surface area contributed by atoms with Gasteiger partial charge in [-0.3, -0.25) is 4.79 Å². The minimum atomic E-state index is -0.987. The van der Waals surface area contributed by atoms with Crippen molar-refractivity contribution in [2.75, 3.05) is 0 Å². The van der Waals surface area contributed by atoms with Gasteiger partial charge in [-0.05, 0) is 42.2 Å². The van der Waals surface area contributed by atoms with E-state index < -0.39 is 5.97 Å². The van der Waals surface area contributed by atoms with Gasteiger partial charge in [0.25, 0.3) is 0 Å². The fourth-order valence-corrected chi connectivity index (χ4v) is 2.93. The second-order valence-electron chi connectivity index (χ2n) is 6.03. The topological polar surface area (TPSA) is 66.4 Å². The van der Waals surface area contributed by atoms with E-state index in [4.69, 9.17) is 5.11 Å². The van der Waals surface area contributed by atoms with E-state index in [0.717, 1.165) is 12.0 Å².